The van der Waals surface area contributed by atoms with Gasteiger partial charge >= 0.3 is 6.09 Å². The Morgan fingerprint density at radius 2 is 1.97 bits per heavy atom. The van der Waals surface area contributed by atoms with E-state index in [9.17, 15) is 9.90 Å². The molecule has 0 radical (unpaired) electrons. The minimum atomic E-state index is -0.412. The Hall–Kier alpha value is -3.07. The van der Waals surface area contributed by atoms with Crippen LogP contribution in [0.3, 0.4) is 0 Å². The largest absolute Gasteiger partial charge is 0.493 e. The first-order valence-corrected chi connectivity index (χ1v) is 12.7. The molecule has 1 spiro atoms. The Bertz CT molecular complexity index is 1170. The molecule has 3 atom stereocenters. The van der Waals surface area contributed by atoms with Crippen molar-refractivity contribution >= 4 is 11.8 Å². The summed E-state index contributed by atoms with van der Waals surface area (Å²) in [7, 11) is 13.3. The molecule has 8 heteroatoms. The molecule has 1 N–H and O–H groups in total. The normalized spacial score (nSPS) is 24.0. The Labute approximate surface area is 220 Å². The van der Waals surface area contributed by atoms with Gasteiger partial charge in [0.05, 0.1) is 39.8 Å². The standard InChI is InChI=1S/C17H21NO3.C12H19N2O2/c1-18-8-7-17-6-5-12(19)9-14(17)21-16-13(20-2)4-3-11(10-18)15(16)17;1-13(2)12(15)16-11-8-6-7-10(9-11)14(3,4)5/h3-6,12,14,19H,7-10H2,1-2H3;6-9H,1-5H3/q;+1/t12-,14-,17-;/m0./s1. The molecule has 2 aromatic rings. The number of ether oxygens (including phenoxy) is 3. The maximum absolute atomic E-state index is 11.4. The number of nitrogens with zero attached hydrogens (tertiary/aromatic N) is 3. The number of methoxy groups -OCH3 is 1. The fourth-order valence-electron chi connectivity index (χ4n) is 5.23. The van der Waals surface area contributed by atoms with E-state index >= 15 is 0 Å². The van der Waals surface area contributed by atoms with Gasteiger partial charge in [0.25, 0.3) is 0 Å². The minimum Gasteiger partial charge on any atom is -0.493 e. The molecule has 8 nitrogen and oxygen atoms in total. The lowest BCUT2D eigenvalue weighted by molar-refractivity contribution is 0.0821. The van der Waals surface area contributed by atoms with Gasteiger partial charge in [0, 0.05) is 38.7 Å². The van der Waals surface area contributed by atoms with E-state index in [2.05, 4.69) is 45.2 Å². The van der Waals surface area contributed by atoms with Gasteiger partial charge in [0.15, 0.2) is 11.5 Å². The number of quaternary nitrogens is 1. The second-order valence-electron chi connectivity index (χ2n) is 11.2. The van der Waals surface area contributed by atoms with Gasteiger partial charge in [-0.3, -0.25) is 4.48 Å². The lowest BCUT2D eigenvalue weighted by atomic mass is 9.69. The van der Waals surface area contributed by atoms with Gasteiger partial charge in [0.1, 0.15) is 17.5 Å². The quantitative estimate of drug-likeness (QED) is 0.501. The van der Waals surface area contributed by atoms with E-state index < -0.39 is 6.10 Å². The Morgan fingerprint density at radius 1 is 1.22 bits per heavy atom. The summed E-state index contributed by atoms with van der Waals surface area (Å²) in [5.41, 5.74) is 3.57. The molecule has 1 amide bonds. The fraction of sp³-hybridized carbons (Fsp3) is 0.483. The molecule has 0 aromatic heterocycles. The molecule has 2 aromatic carbocycles. The smallest absolute Gasteiger partial charge is 0.414 e. The lowest BCUT2D eigenvalue weighted by Gasteiger charge is -2.35. The number of hydrogen-bond donors (Lipinski definition) is 1. The van der Waals surface area contributed by atoms with Crippen molar-refractivity contribution in [1.82, 2.24) is 14.3 Å². The van der Waals surface area contributed by atoms with Crippen LogP contribution in [0.15, 0.2) is 48.6 Å². The Kier molecular flexibility index (Phi) is 7.55. The first-order chi connectivity index (χ1) is 17.4. The number of amides is 1. The van der Waals surface area contributed by atoms with Crippen molar-refractivity contribution in [2.75, 3.05) is 55.9 Å². The predicted octanol–water partition coefficient (Wildman–Crippen LogP) is 3.79. The van der Waals surface area contributed by atoms with Crippen LogP contribution in [0.25, 0.3) is 0 Å². The molecule has 0 saturated carbocycles. The summed E-state index contributed by atoms with van der Waals surface area (Å²) in [6.45, 7) is 1.96. The van der Waals surface area contributed by atoms with E-state index in [1.807, 2.05) is 30.3 Å². The summed E-state index contributed by atoms with van der Waals surface area (Å²) >= 11 is 0. The molecule has 0 saturated heterocycles. The second-order valence-corrected chi connectivity index (χ2v) is 11.2. The highest BCUT2D eigenvalue weighted by Gasteiger charge is 2.52. The van der Waals surface area contributed by atoms with Crippen LogP contribution in [0, 0.1) is 0 Å². The maximum Gasteiger partial charge on any atom is 0.414 e. The van der Waals surface area contributed by atoms with E-state index in [0.717, 1.165) is 36.7 Å². The number of carbonyl (C=O) groups excluding carboxylic acids is 1. The van der Waals surface area contributed by atoms with Crippen LogP contribution in [0.5, 0.6) is 17.2 Å². The van der Waals surface area contributed by atoms with Gasteiger partial charge in [-0.05, 0) is 43.8 Å². The summed E-state index contributed by atoms with van der Waals surface area (Å²) in [4.78, 5) is 15.1. The van der Waals surface area contributed by atoms with E-state index in [1.54, 1.807) is 27.3 Å². The summed E-state index contributed by atoms with van der Waals surface area (Å²) in [5, 5.41) is 9.97. The van der Waals surface area contributed by atoms with Crippen molar-refractivity contribution in [3.05, 3.63) is 59.7 Å². The third-order valence-electron chi connectivity index (χ3n) is 7.31. The number of aliphatic hydroxyl groups is 1. The Morgan fingerprint density at radius 3 is 2.65 bits per heavy atom. The number of aliphatic hydroxyl groups excluding tert-OH is 1. The lowest BCUT2D eigenvalue weighted by Crippen LogP contribution is -2.42. The van der Waals surface area contributed by atoms with Gasteiger partial charge in [-0.1, -0.05) is 24.3 Å². The maximum atomic E-state index is 11.4. The van der Waals surface area contributed by atoms with Crippen molar-refractivity contribution in [2.45, 2.75) is 37.0 Å². The van der Waals surface area contributed by atoms with Crippen LogP contribution < -0.4 is 18.7 Å². The zero-order chi connectivity index (χ0) is 27.0. The van der Waals surface area contributed by atoms with Crippen molar-refractivity contribution in [2.24, 2.45) is 0 Å². The van der Waals surface area contributed by atoms with Gasteiger partial charge in [-0.2, -0.15) is 0 Å². The van der Waals surface area contributed by atoms with Crippen LogP contribution in [0.2, 0.25) is 0 Å². The highest BCUT2D eigenvalue weighted by atomic mass is 16.6. The van der Waals surface area contributed by atoms with Gasteiger partial charge in [-0.15, -0.1) is 0 Å². The molecule has 3 aliphatic rings. The molecule has 0 fully saturated rings. The fourth-order valence-corrected chi connectivity index (χ4v) is 5.23. The van der Waals surface area contributed by atoms with Crippen LogP contribution in [0.1, 0.15) is 24.0 Å². The molecule has 0 unspecified atom stereocenters. The van der Waals surface area contributed by atoms with Crippen LogP contribution in [-0.4, -0.2) is 89.1 Å². The topological polar surface area (TPSA) is 71.5 Å². The van der Waals surface area contributed by atoms with Crippen LogP contribution >= 0.6 is 0 Å². The zero-order valence-electron chi connectivity index (χ0n) is 23.0. The number of rotatable bonds is 3. The molecule has 37 heavy (non-hydrogen) atoms. The monoisotopic (exact) mass is 510 g/mol. The summed E-state index contributed by atoms with van der Waals surface area (Å²) in [6.07, 6.45) is 5.02. The number of hydrogen-bond acceptors (Lipinski definition) is 6. The molecule has 2 aliphatic heterocycles. The zero-order valence-corrected chi connectivity index (χ0v) is 23.0. The van der Waals surface area contributed by atoms with E-state index in [-0.39, 0.29) is 17.6 Å². The van der Waals surface area contributed by atoms with E-state index in [0.29, 0.717) is 16.7 Å². The molecule has 5 rings (SSSR count). The summed E-state index contributed by atoms with van der Waals surface area (Å²) < 4.78 is 17.6. The average Bonchev–Trinajstić information content (AvgIpc) is 3.10. The van der Waals surface area contributed by atoms with Crippen molar-refractivity contribution in [3.8, 4) is 17.2 Å². The highest BCUT2D eigenvalue weighted by Crippen LogP contribution is 2.55. The predicted molar refractivity (Wildman–Crippen MR) is 146 cm³/mol. The molecule has 2 heterocycles. The molecular formula is C29H40N3O5+. The van der Waals surface area contributed by atoms with Gasteiger partial charge in [-0.25, -0.2) is 4.79 Å². The summed E-state index contributed by atoms with van der Waals surface area (Å²) in [6, 6.07) is 11.7. The molecular weight excluding hydrogens is 470 g/mol. The summed E-state index contributed by atoms with van der Waals surface area (Å²) in [5.74, 6) is 2.26. The number of carbonyl (C=O) groups is 1. The molecule has 0 bridgehead atoms. The Balaban J connectivity index is 0.000000181. The van der Waals surface area contributed by atoms with E-state index in [1.165, 1.54) is 16.0 Å². The molecule has 1 aliphatic carbocycles. The van der Waals surface area contributed by atoms with Gasteiger partial charge < -0.3 is 29.1 Å². The third-order valence-corrected chi connectivity index (χ3v) is 7.31. The second kappa shape index (κ2) is 10.4. The first-order valence-electron chi connectivity index (χ1n) is 12.7. The van der Waals surface area contributed by atoms with Gasteiger partial charge in [0.2, 0.25) is 0 Å². The average molecular weight is 511 g/mol. The van der Waals surface area contributed by atoms with Crippen molar-refractivity contribution < 1.29 is 24.1 Å². The molecule has 200 valence electrons. The number of benzene rings is 2. The van der Waals surface area contributed by atoms with Crippen molar-refractivity contribution in [1.29, 1.82) is 0 Å². The minimum absolute atomic E-state index is 0.00838. The SMILES string of the molecule is CN(C)C(=O)Oc1cccc([N+](C)(C)C)c1.COc1ccc2c3c1O[C@H]1C[C@@H](O)C=C[C@@]31CCN(C)C2. The van der Waals surface area contributed by atoms with Crippen molar-refractivity contribution in [3.63, 3.8) is 0 Å². The first kappa shape index (κ1) is 27.0. The third kappa shape index (κ3) is 5.46. The highest BCUT2D eigenvalue weighted by molar-refractivity contribution is 5.70. The van der Waals surface area contributed by atoms with E-state index in [4.69, 9.17) is 14.2 Å². The van der Waals surface area contributed by atoms with Crippen LogP contribution in [-0.2, 0) is 12.0 Å². The van der Waals surface area contributed by atoms with Crippen LogP contribution in [0.4, 0.5) is 10.5 Å².